The molecule has 0 aromatic heterocycles. The van der Waals surface area contributed by atoms with Crippen molar-refractivity contribution in [3.05, 3.63) is 71.8 Å². The first-order valence-corrected chi connectivity index (χ1v) is 7.65. The van der Waals surface area contributed by atoms with Crippen LogP contribution in [0.4, 0.5) is 0 Å². The van der Waals surface area contributed by atoms with Crippen molar-refractivity contribution in [3.63, 3.8) is 0 Å². The lowest BCUT2D eigenvalue weighted by Crippen LogP contribution is -2.25. The number of hydrogen-bond donors (Lipinski definition) is 1. The molecule has 1 aliphatic carbocycles. The van der Waals surface area contributed by atoms with Crippen LogP contribution in [0.5, 0.6) is 0 Å². The number of rotatable bonds is 6. The van der Waals surface area contributed by atoms with Crippen LogP contribution in [0.1, 0.15) is 30.5 Å². The highest BCUT2D eigenvalue weighted by atomic mass is 14.9. The molecule has 3 atom stereocenters. The van der Waals surface area contributed by atoms with Crippen LogP contribution in [-0.4, -0.2) is 6.54 Å². The molecule has 0 aliphatic heterocycles. The van der Waals surface area contributed by atoms with E-state index in [4.69, 9.17) is 0 Å². The lowest BCUT2D eigenvalue weighted by molar-refractivity contribution is 0.502. The summed E-state index contributed by atoms with van der Waals surface area (Å²) in [4.78, 5) is 0. The quantitative estimate of drug-likeness (QED) is 0.824. The first kappa shape index (κ1) is 13.4. The average Bonchev–Trinajstić information content (AvgIpc) is 3.21. The second-order valence-electron chi connectivity index (χ2n) is 6.03. The Morgan fingerprint density at radius 1 is 1.00 bits per heavy atom. The van der Waals surface area contributed by atoms with Gasteiger partial charge in [0.1, 0.15) is 0 Å². The summed E-state index contributed by atoms with van der Waals surface area (Å²) in [7, 11) is 0. The van der Waals surface area contributed by atoms with Gasteiger partial charge in [-0.05, 0) is 42.3 Å². The van der Waals surface area contributed by atoms with E-state index in [1.54, 1.807) is 0 Å². The second-order valence-corrected chi connectivity index (χ2v) is 6.03. The zero-order valence-electron chi connectivity index (χ0n) is 12.1. The van der Waals surface area contributed by atoms with Crippen molar-refractivity contribution >= 4 is 0 Å². The smallest absolute Gasteiger partial charge is 0.0360 e. The van der Waals surface area contributed by atoms with Crippen molar-refractivity contribution in [1.82, 2.24) is 5.32 Å². The Kier molecular flexibility index (Phi) is 4.17. The Morgan fingerprint density at radius 2 is 1.60 bits per heavy atom. The van der Waals surface area contributed by atoms with Gasteiger partial charge in [0.2, 0.25) is 0 Å². The minimum absolute atomic E-state index is 0.423. The molecule has 1 nitrogen and oxygen atoms in total. The Balaban J connectivity index is 1.69. The Bertz CT molecular complexity index is 520. The SMILES string of the molecule is CC1CC1CNC(Cc1ccccc1)c1ccccc1. The normalized spacial score (nSPS) is 22.4. The topological polar surface area (TPSA) is 12.0 Å². The van der Waals surface area contributed by atoms with Crippen LogP contribution in [0.3, 0.4) is 0 Å². The minimum Gasteiger partial charge on any atom is -0.309 e. The molecule has 1 aliphatic rings. The molecule has 0 bridgehead atoms. The molecule has 1 fully saturated rings. The van der Waals surface area contributed by atoms with Gasteiger partial charge in [-0.25, -0.2) is 0 Å². The summed E-state index contributed by atoms with van der Waals surface area (Å²) in [6.45, 7) is 3.49. The first-order chi connectivity index (χ1) is 9.83. The van der Waals surface area contributed by atoms with Crippen molar-refractivity contribution in [2.45, 2.75) is 25.8 Å². The zero-order valence-corrected chi connectivity index (χ0v) is 12.1. The lowest BCUT2D eigenvalue weighted by atomic mass is 9.98. The maximum Gasteiger partial charge on any atom is 0.0360 e. The van der Waals surface area contributed by atoms with E-state index >= 15 is 0 Å². The molecule has 1 saturated carbocycles. The fraction of sp³-hybridized carbons (Fsp3) is 0.368. The summed E-state index contributed by atoms with van der Waals surface area (Å²) in [5.41, 5.74) is 2.79. The molecule has 0 heterocycles. The van der Waals surface area contributed by atoms with Gasteiger partial charge in [-0.1, -0.05) is 67.6 Å². The van der Waals surface area contributed by atoms with Crippen molar-refractivity contribution in [3.8, 4) is 0 Å². The van der Waals surface area contributed by atoms with Crippen LogP contribution in [0.25, 0.3) is 0 Å². The maximum absolute atomic E-state index is 3.78. The van der Waals surface area contributed by atoms with Gasteiger partial charge in [-0.15, -0.1) is 0 Å². The van der Waals surface area contributed by atoms with Crippen LogP contribution in [0.2, 0.25) is 0 Å². The highest BCUT2D eigenvalue weighted by molar-refractivity contribution is 5.23. The first-order valence-electron chi connectivity index (χ1n) is 7.65. The monoisotopic (exact) mass is 265 g/mol. The molecular weight excluding hydrogens is 242 g/mol. The number of benzene rings is 2. The van der Waals surface area contributed by atoms with Gasteiger partial charge in [-0.2, -0.15) is 0 Å². The Morgan fingerprint density at radius 3 is 2.20 bits per heavy atom. The van der Waals surface area contributed by atoms with Gasteiger partial charge in [0, 0.05) is 6.04 Å². The average molecular weight is 265 g/mol. The van der Waals surface area contributed by atoms with Crippen LogP contribution in [0, 0.1) is 11.8 Å². The summed E-state index contributed by atoms with van der Waals surface area (Å²) in [5, 5.41) is 3.78. The summed E-state index contributed by atoms with van der Waals surface area (Å²) in [6, 6.07) is 22.0. The van der Waals surface area contributed by atoms with Gasteiger partial charge in [0.25, 0.3) is 0 Å². The summed E-state index contributed by atoms with van der Waals surface area (Å²) >= 11 is 0. The van der Waals surface area contributed by atoms with E-state index in [0.29, 0.717) is 6.04 Å². The maximum atomic E-state index is 3.78. The van der Waals surface area contributed by atoms with E-state index in [0.717, 1.165) is 24.8 Å². The zero-order chi connectivity index (χ0) is 13.8. The molecule has 2 aromatic carbocycles. The highest BCUT2D eigenvalue weighted by Crippen LogP contribution is 2.37. The molecule has 1 heteroatoms. The molecule has 2 aromatic rings. The third-order valence-corrected chi connectivity index (χ3v) is 4.39. The molecule has 0 radical (unpaired) electrons. The lowest BCUT2D eigenvalue weighted by Gasteiger charge is -2.19. The predicted octanol–water partition coefficient (Wildman–Crippen LogP) is 4.22. The van der Waals surface area contributed by atoms with Gasteiger partial charge >= 0.3 is 0 Å². The predicted molar refractivity (Wildman–Crippen MR) is 84.6 cm³/mol. The van der Waals surface area contributed by atoms with Gasteiger partial charge in [-0.3, -0.25) is 0 Å². The fourth-order valence-corrected chi connectivity index (χ4v) is 2.82. The number of hydrogen-bond acceptors (Lipinski definition) is 1. The van der Waals surface area contributed by atoms with Crippen molar-refractivity contribution in [2.75, 3.05) is 6.54 Å². The molecule has 104 valence electrons. The molecule has 20 heavy (non-hydrogen) atoms. The Labute approximate surface area is 122 Å². The van der Waals surface area contributed by atoms with Crippen LogP contribution < -0.4 is 5.32 Å². The molecule has 0 spiro atoms. The summed E-state index contributed by atoms with van der Waals surface area (Å²) in [5.74, 6) is 1.80. The van der Waals surface area contributed by atoms with Crippen LogP contribution in [-0.2, 0) is 6.42 Å². The Hall–Kier alpha value is -1.60. The van der Waals surface area contributed by atoms with Crippen LogP contribution in [0.15, 0.2) is 60.7 Å². The van der Waals surface area contributed by atoms with E-state index in [9.17, 15) is 0 Å². The molecular formula is C19H23N. The van der Waals surface area contributed by atoms with E-state index in [1.165, 1.54) is 17.5 Å². The third kappa shape index (κ3) is 3.49. The van der Waals surface area contributed by atoms with E-state index in [-0.39, 0.29) is 0 Å². The summed E-state index contributed by atoms with van der Waals surface area (Å²) < 4.78 is 0. The second kappa shape index (κ2) is 6.23. The van der Waals surface area contributed by atoms with Crippen molar-refractivity contribution in [1.29, 1.82) is 0 Å². The summed E-state index contributed by atoms with van der Waals surface area (Å²) in [6.07, 6.45) is 2.45. The van der Waals surface area contributed by atoms with Gasteiger partial charge in [0.05, 0.1) is 0 Å². The molecule has 3 rings (SSSR count). The fourth-order valence-electron chi connectivity index (χ4n) is 2.82. The molecule has 3 unspecified atom stereocenters. The third-order valence-electron chi connectivity index (χ3n) is 4.39. The minimum atomic E-state index is 0.423. The van der Waals surface area contributed by atoms with Crippen molar-refractivity contribution < 1.29 is 0 Å². The van der Waals surface area contributed by atoms with Crippen LogP contribution >= 0.6 is 0 Å². The molecule has 0 amide bonds. The largest absolute Gasteiger partial charge is 0.309 e. The molecule has 1 N–H and O–H groups in total. The van der Waals surface area contributed by atoms with Gasteiger partial charge < -0.3 is 5.32 Å². The van der Waals surface area contributed by atoms with E-state index in [2.05, 4.69) is 72.9 Å². The standard InChI is InChI=1S/C19H23N/c1-15-12-18(15)14-20-19(17-10-6-3-7-11-17)13-16-8-4-2-5-9-16/h2-11,15,18-20H,12-14H2,1H3. The van der Waals surface area contributed by atoms with E-state index in [1.807, 2.05) is 0 Å². The van der Waals surface area contributed by atoms with Crippen molar-refractivity contribution in [2.24, 2.45) is 11.8 Å². The van der Waals surface area contributed by atoms with E-state index < -0.39 is 0 Å². The number of nitrogens with one attached hydrogen (secondary N) is 1. The highest BCUT2D eigenvalue weighted by Gasteiger charge is 2.32. The van der Waals surface area contributed by atoms with Gasteiger partial charge in [0.15, 0.2) is 0 Å². The molecule has 0 saturated heterocycles.